The quantitative estimate of drug-likeness (QED) is 0.431. The van der Waals surface area contributed by atoms with Crippen molar-refractivity contribution < 1.29 is 14.3 Å². The molecular weight excluding hydrogens is 480 g/mol. The zero-order chi connectivity index (χ0) is 22.9. The molecule has 1 N–H and O–H groups in total. The smallest absolute Gasteiger partial charge is 0.339 e. The van der Waals surface area contributed by atoms with E-state index in [-0.39, 0.29) is 18.6 Å². The lowest BCUT2D eigenvalue weighted by Gasteiger charge is -2.28. The lowest BCUT2D eigenvalue weighted by Crippen LogP contribution is -2.42. The summed E-state index contributed by atoms with van der Waals surface area (Å²) in [5.74, 6) is 1.34. The highest BCUT2D eigenvalue weighted by molar-refractivity contribution is 9.10. The van der Waals surface area contributed by atoms with Gasteiger partial charge in [0.25, 0.3) is 5.91 Å². The van der Waals surface area contributed by atoms with E-state index in [1.54, 1.807) is 6.07 Å². The molecule has 6 heteroatoms. The molecule has 0 saturated heterocycles. The van der Waals surface area contributed by atoms with Gasteiger partial charge in [0.05, 0.1) is 16.8 Å². The van der Waals surface area contributed by atoms with Gasteiger partial charge in [-0.3, -0.25) is 4.79 Å². The van der Waals surface area contributed by atoms with Crippen LogP contribution < -0.4 is 5.32 Å². The van der Waals surface area contributed by atoms with Gasteiger partial charge in [-0.1, -0.05) is 52.7 Å². The highest BCUT2D eigenvalue weighted by Crippen LogP contribution is 2.49. The van der Waals surface area contributed by atoms with Crippen LogP contribution in [0.15, 0.2) is 59.1 Å². The number of carbonyl (C=O) groups excluding carboxylic acids is 2. The maximum absolute atomic E-state index is 13.0. The van der Waals surface area contributed by atoms with E-state index in [1.807, 2.05) is 48.5 Å². The van der Waals surface area contributed by atoms with E-state index >= 15 is 0 Å². The molecule has 1 amide bonds. The Labute approximate surface area is 202 Å². The molecule has 1 heterocycles. The molecule has 2 fully saturated rings. The van der Waals surface area contributed by atoms with E-state index < -0.39 is 5.97 Å². The normalized spacial score (nSPS) is 22.3. The molecule has 1 aromatic heterocycles. The first-order chi connectivity index (χ1) is 16.0. The van der Waals surface area contributed by atoms with Crippen molar-refractivity contribution in [2.75, 3.05) is 6.61 Å². The summed E-state index contributed by atoms with van der Waals surface area (Å²) in [4.78, 5) is 30.3. The third-order valence-electron chi connectivity index (χ3n) is 7.23. The van der Waals surface area contributed by atoms with Crippen molar-refractivity contribution >= 4 is 38.7 Å². The van der Waals surface area contributed by atoms with Gasteiger partial charge in [0, 0.05) is 21.5 Å². The highest BCUT2D eigenvalue weighted by Gasteiger charge is 2.42. The number of esters is 1. The van der Waals surface area contributed by atoms with Gasteiger partial charge in [-0.25, -0.2) is 9.78 Å². The molecule has 170 valence electrons. The van der Waals surface area contributed by atoms with E-state index in [1.165, 1.54) is 25.7 Å². The average molecular weight is 507 g/mol. The monoisotopic (exact) mass is 506 g/mol. The first-order valence-corrected chi connectivity index (χ1v) is 12.4. The van der Waals surface area contributed by atoms with Gasteiger partial charge in [0.1, 0.15) is 0 Å². The molecular formula is C27H27BrN2O3. The number of nitrogens with zero attached hydrogens (tertiary/aromatic N) is 1. The van der Waals surface area contributed by atoms with E-state index in [2.05, 4.69) is 28.2 Å². The topological polar surface area (TPSA) is 68.3 Å². The Hall–Kier alpha value is -2.73. The van der Waals surface area contributed by atoms with Crippen molar-refractivity contribution in [3.8, 4) is 11.3 Å². The molecule has 2 saturated carbocycles. The predicted octanol–water partition coefficient (Wildman–Crippen LogP) is 5.76. The number of pyridine rings is 1. The number of para-hydroxylation sites is 1. The van der Waals surface area contributed by atoms with Crippen LogP contribution in [0.2, 0.25) is 0 Å². The van der Waals surface area contributed by atoms with Crippen molar-refractivity contribution in [2.24, 2.45) is 17.8 Å². The summed E-state index contributed by atoms with van der Waals surface area (Å²) in [6, 6.07) is 17.1. The summed E-state index contributed by atoms with van der Waals surface area (Å²) in [5, 5.41) is 3.77. The van der Waals surface area contributed by atoms with Gasteiger partial charge < -0.3 is 10.1 Å². The number of nitrogens with one attached hydrogen (secondary N) is 1. The Bertz CT molecular complexity index is 1190. The minimum Gasteiger partial charge on any atom is -0.452 e. The zero-order valence-electron chi connectivity index (χ0n) is 18.6. The summed E-state index contributed by atoms with van der Waals surface area (Å²) >= 11 is 3.44. The number of hydrogen-bond donors (Lipinski definition) is 1. The number of amides is 1. The van der Waals surface area contributed by atoms with Crippen molar-refractivity contribution in [3.63, 3.8) is 0 Å². The SMILES string of the molecule is CC(NC(=O)COC(=O)c1cc(-c2ccc(Br)cc2)nc2ccccc12)C1CC2CCC1C2. The predicted molar refractivity (Wildman–Crippen MR) is 132 cm³/mol. The summed E-state index contributed by atoms with van der Waals surface area (Å²) in [6.07, 6.45) is 5.12. The third kappa shape index (κ3) is 4.67. The molecule has 4 atom stereocenters. The fraction of sp³-hybridized carbons (Fsp3) is 0.370. The lowest BCUT2D eigenvalue weighted by molar-refractivity contribution is -0.125. The maximum atomic E-state index is 13.0. The number of halogens is 1. The molecule has 5 rings (SSSR count). The second-order valence-electron chi connectivity index (χ2n) is 9.35. The van der Waals surface area contributed by atoms with Crippen LogP contribution in [0.25, 0.3) is 22.2 Å². The molecule has 2 aliphatic carbocycles. The highest BCUT2D eigenvalue weighted by atomic mass is 79.9. The van der Waals surface area contributed by atoms with Crippen LogP contribution in [0.4, 0.5) is 0 Å². The molecule has 33 heavy (non-hydrogen) atoms. The fourth-order valence-electron chi connectivity index (χ4n) is 5.63. The molecule has 5 nitrogen and oxygen atoms in total. The zero-order valence-corrected chi connectivity index (χ0v) is 20.2. The molecule has 0 aliphatic heterocycles. The van der Waals surface area contributed by atoms with E-state index in [0.29, 0.717) is 28.1 Å². The number of rotatable bonds is 6. The van der Waals surface area contributed by atoms with Crippen molar-refractivity contribution in [3.05, 3.63) is 64.6 Å². The average Bonchev–Trinajstić information content (AvgIpc) is 3.46. The minimum absolute atomic E-state index is 0.109. The van der Waals surface area contributed by atoms with Crippen molar-refractivity contribution in [1.82, 2.24) is 10.3 Å². The minimum atomic E-state index is -0.519. The second-order valence-corrected chi connectivity index (χ2v) is 10.3. The van der Waals surface area contributed by atoms with E-state index in [9.17, 15) is 9.59 Å². The molecule has 2 aliphatic rings. The summed E-state index contributed by atoms with van der Waals surface area (Å²) in [7, 11) is 0. The van der Waals surface area contributed by atoms with Crippen LogP contribution in [-0.4, -0.2) is 29.5 Å². The summed E-state index contributed by atoms with van der Waals surface area (Å²) in [5.41, 5.74) is 2.70. The summed E-state index contributed by atoms with van der Waals surface area (Å²) in [6.45, 7) is 1.79. The van der Waals surface area contributed by atoms with Gasteiger partial charge in [-0.2, -0.15) is 0 Å². The second kappa shape index (κ2) is 9.26. The molecule has 4 unspecified atom stereocenters. The van der Waals surface area contributed by atoms with Crippen LogP contribution in [0.1, 0.15) is 43.0 Å². The first kappa shape index (κ1) is 22.1. The number of benzene rings is 2. The molecule has 0 radical (unpaired) electrons. The summed E-state index contributed by atoms with van der Waals surface area (Å²) < 4.78 is 6.42. The third-order valence-corrected chi connectivity index (χ3v) is 7.76. The Balaban J connectivity index is 1.29. The number of ether oxygens (including phenoxy) is 1. The number of hydrogen-bond acceptors (Lipinski definition) is 4. The van der Waals surface area contributed by atoms with Crippen molar-refractivity contribution in [1.29, 1.82) is 0 Å². The lowest BCUT2D eigenvalue weighted by atomic mass is 9.84. The molecule has 0 spiro atoms. The number of fused-ring (bicyclic) bond motifs is 3. The molecule has 2 aromatic carbocycles. The van der Waals surface area contributed by atoms with Crippen molar-refractivity contribution in [2.45, 2.75) is 38.6 Å². The van der Waals surface area contributed by atoms with E-state index in [4.69, 9.17) is 9.72 Å². The van der Waals surface area contributed by atoms with Crippen LogP contribution >= 0.6 is 15.9 Å². The van der Waals surface area contributed by atoms with Gasteiger partial charge in [-0.05, 0) is 68.2 Å². The maximum Gasteiger partial charge on any atom is 0.339 e. The number of carbonyl (C=O) groups is 2. The fourth-order valence-corrected chi connectivity index (χ4v) is 5.89. The Kier molecular flexibility index (Phi) is 6.19. The first-order valence-electron chi connectivity index (χ1n) is 11.6. The van der Waals surface area contributed by atoms with Gasteiger partial charge in [0.2, 0.25) is 0 Å². The molecule has 2 bridgehead atoms. The standard InChI is InChI=1S/C27H27BrN2O3/c1-16(22-13-17-6-7-19(22)12-17)29-26(31)15-33-27(32)23-14-25(18-8-10-20(28)11-9-18)30-24-5-3-2-4-21(23)24/h2-5,8-11,14,16-17,19,22H,6-7,12-13,15H2,1H3,(H,29,31). The number of aromatic nitrogens is 1. The van der Waals surface area contributed by atoms with E-state index in [0.717, 1.165) is 21.9 Å². The molecule has 3 aromatic rings. The van der Waals surface area contributed by atoms with Gasteiger partial charge in [0.15, 0.2) is 6.61 Å². The van der Waals surface area contributed by atoms with Crippen LogP contribution in [-0.2, 0) is 9.53 Å². The van der Waals surface area contributed by atoms with Crippen LogP contribution in [0, 0.1) is 17.8 Å². The largest absolute Gasteiger partial charge is 0.452 e. The van der Waals surface area contributed by atoms with Gasteiger partial charge in [-0.15, -0.1) is 0 Å². The van der Waals surface area contributed by atoms with Crippen LogP contribution in [0.5, 0.6) is 0 Å². The Morgan fingerprint density at radius 1 is 1.12 bits per heavy atom. The van der Waals surface area contributed by atoms with Crippen LogP contribution in [0.3, 0.4) is 0 Å². The van der Waals surface area contributed by atoms with Gasteiger partial charge >= 0.3 is 5.97 Å². The Morgan fingerprint density at radius 3 is 2.64 bits per heavy atom. The Morgan fingerprint density at radius 2 is 1.91 bits per heavy atom.